The highest BCUT2D eigenvalue weighted by Crippen LogP contribution is 2.38. The summed E-state index contributed by atoms with van der Waals surface area (Å²) in [6.07, 6.45) is 2.35. The Hall–Kier alpha value is -2.76. The summed E-state index contributed by atoms with van der Waals surface area (Å²) in [7, 11) is -3.77. The van der Waals surface area contributed by atoms with Crippen molar-refractivity contribution in [3.05, 3.63) is 89.5 Å². The average molecular weight is 406 g/mol. The number of hydrogen-bond donors (Lipinski definition) is 0. The van der Waals surface area contributed by atoms with Gasteiger partial charge in [-0.3, -0.25) is 4.79 Å². The van der Waals surface area contributed by atoms with Crippen LogP contribution < -0.4 is 0 Å². The largest absolute Gasteiger partial charge is 0.295 e. The number of benzene rings is 3. The van der Waals surface area contributed by atoms with Gasteiger partial charge in [0, 0.05) is 12.1 Å². The third-order valence-corrected chi connectivity index (χ3v) is 7.39. The van der Waals surface area contributed by atoms with Crippen LogP contribution in [0.15, 0.2) is 83.3 Å². The number of carbonyl (C=O) groups is 1. The Morgan fingerprint density at radius 3 is 2.38 bits per heavy atom. The summed E-state index contributed by atoms with van der Waals surface area (Å²) in [5.74, 6) is -0.0922. The Balaban J connectivity index is 1.87. The van der Waals surface area contributed by atoms with Gasteiger partial charge in [0.1, 0.15) is 0 Å². The van der Waals surface area contributed by atoms with Crippen LogP contribution in [0.3, 0.4) is 0 Å². The minimum absolute atomic E-state index is 0.0828. The molecule has 0 radical (unpaired) electrons. The quantitative estimate of drug-likeness (QED) is 0.627. The molecule has 4 nitrogen and oxygen atoms in total. The van der Waals surface area contributed by atoms with Gasteiger partial charge in [-0.05, 0) is 48.7 Å². The molecule has 4 rings (SSSR count). The van der Waals surface area contributed by atoms with Crippen LogP contribution in [0, 0.1) is 6.92 Å². The number of aryl methyl sites for hydroxylation is 1. The summed E-state index contributed by atoms with van der Waals surface area (Å²) in [4.78, 5) is 12.3. The standard InChI is InChI=1S/C24H23NO3S/c1-17-10-13-21(14-11-17)29(27,28)25-16-20(18(2)26)12-15-24(25)23-9-5-7-19-6-3-4-8-22(19)23/h3-14,24H,15-16H2,1-2H3/t24-/m0/s1. The number of ketones is 1. The number of fused-ring (bicyclic) bond motifs is 1. The molecule has 0 N–H and O–H groups in total. The smallest absolute Gasteiger partial charge is 0.243 e. The Kier molecular flexibility index (Phi) is 5.11. The van der Waals surface area contributed by atoms with E-state index in [1.165, 1.54) is 11.2 Å². The molecule has 3 aromatic carbocycles. The van der Waals surface area contributed by atoms with Crippen molar-refractivity contribution in [2.24, 2.45) is 0 Å². The maximum absolute atomic E-state index is 13.6. The van der Waals surface area contributed by atoms with Crippen molar-refractivity contribution in [2.75, 3.05) is 6.54 Å². The first-order valence-electron chi connectivity index (χ1n) is 9.64. The van der Waals surface area contributed by atoms with Gasteiger partial charge in [0.05, 0.1) is 10.9 Å². The lowest BCUT2D eigenvalue weighted by atomic mass is 9.93. The van der Waals surface area contributed by atoms with Gasteiger partial charge in [0.2, 0.25) is 10.0 Å². The van der Waals surface area contributed by atoms with Gasteiger partial charge in [-0.2, -0.15) is 4.31 Å². The third kappa shape index (κ3) is 3.63. The highest BCUT2D eigenvalue weighted by atomic mass is 32.2. The first-order chi connectivity index (χ1) is 13.9. The van der Waals surface area contributed by atoms with Gasteiger partial charge in [0.15, 0.2) is 5.78 Å². The molecule has 0 spiro atoms. The lowest BCUT2D eigenvalue weighted by molar-refractivity contribution is -0.113. The van der Waals surface area contributed by atoms with Crippen LogP contribution in [0.1, 0.15) is 30.5 Å². The highest BCUT2D eigenvalue weighted by Gasteiger charge is 2.36. The van der Waals surface area contributed by atoms with E-state index in [1.807, 2.05) is 55.5 Å². The van der Waals surface area contributed by atoms with Crippen molar-refractivity contribution < 1.29 is 13.2 Å². The molecule has 148 valence electrons. The summed E-state index contributed by atoms with van der Waals surface area (Å²) in [6.45, 7) is 3.49. The van der Waals surface area contributed by atoms with Crippen molar-refractivity contribution in [2.45, 2.75) is 31.2 Å². The lowest BCUT2D eigenvalue weighted by Gasteiger charge is -2.35. The molecular weight excluding hydrogens is 382 g/mol. The van der Waals surface area contributed by atoms with Crippen LogP contribution in [0.4, 0.5) is 0 Å². The Bertz CT molecular complexity index is 1210. The van der Waals surface area contributed by atoms with Gasteiger partial charge in [-0.15, -0.1) is 0 Å². The fourth-order valence-corrected chi connectivity index (χ4v) is 5.48. The van der Waals surface area contributed by atoms with Gasteiger partial charge in [0.25, 0.3) is 0 Å². The highest BCUT2D eigenvalue weighted by molar-refractivity contribution is 7.89. The number of sulfonamides is 1. The topological polar surface area (TPSA) is 54.5 Å². The minimum atomic E-state index is -3.77. The van der Waals surface area contributed by atoms with Crippen molar-refractivity contribution in [1.29, 1.82) is 0 Å². The number of hydrogen-bond acceptors (Lipinski definition) is 3. The van der Waals surface area contributed by atoms with E-state index < -0.39 is 10.0 Å². The van der Waals surface area contributed by atoms with Crippen molar-refractivity contribution in [1.82, 2.24) is 4.31 Å². The van der Waals surface area contributed by atoms with Crippen LogP contribution in [-0.2, 0) is 14.8 Å². The maximum Gasteiger partial charge on any atom is 0.243 e. The second-order valence-electron chi connectivity index (χ2n) is 7.47. The van der Waals surface area contributed by atoms with Crippen LogP contribution in [0.2, 0.25) is 0 Å². The molecule has 1 atom stereocenters. The monoisotopic (exact) mass is 405 g/mol. The van der Waals surface area contributed by atoms with E-state index in [0.717, 1.165) is 21.9 Å². The second-order valence-corrected chi connectivity index (χ2v) is 9.36. The zero-order chi connectivity index (χ0) is 20.6. The first kappa shape index (κ1) is 19.6. The molecule has 29 heavy (non-hydrogen) atoms. The van der Waals surface area contributed by atoms with Crippen molar-refractivity contribution >= 4 is 26.6 Å². The van der Waals surface area contributed by atoms with Gasteiger partial charge >= 0.3 is 0 Å². The SMILES string of the molecule is CC(=O)C1=CC[C@@H](c2cccc3ccccc23)N(S(=O)(=O)c2ccc(C)cc2)C1. The summed E-state index contributed by atoms with van der Waals surface area (Å²) in [6, 6.07) is 20.4. The number of Topliss-reactive ketones (excluding diaryl/α,β-unsaturated/α-hetero) is 1. The van der Waals surface area contributed by atoms with Gasteiger partial charge in [-0.1, -0.05) is 66.2 Å². The molecular formula is C24H23NO3S. The van der Waals surface area contributed by atoms with E-state index in [1.54, 1.807) is 24.3 Å². The summed E-state index contributed by atoms with van der Waals surface area (Å²) in [5, 5.41) is 2.10. The molecule has 5 heteroatoms. The molecule has 0 saturated heterocycles. The molecule has 0 amide bonds. The molecule has 0 aliphatic carbocycles. The van der Waals surface area contributed by atoms with Crippen LogP contribution in [0.5, 0.6) is 0 Å². The second kappa shape index (κ2) is 7.58. The van der Waals surface area contributed by atoms with Crippen molar-refractivity contribution in [3.8, 4) is 0 Å². The predicted octanol–water partition coefficient (Wildman–Crippen LogP) is 4.80. The summed E-state index contributed by atoms with van der Waals surface area (Å²) < 4.78 is 28.6. The molecule has 0 saturated carbocycles. The number of carbonyl (C=O) groups excluding carboxylic acids is 1. The van der Waals surface area contributed by atoms with E-state index in [-0.39, 0.29) is 23.3 Å². The van der Waals surface area contributed by atoms with Gasteiger partial charge < -0.3 is 0 Å². The fraction of sp³-hybridized carbons (Fsp3) is 0.208. The predicted molar refractivity (Wildman–Crippen MR) is 115 cm³/mol. The van der Waals surface area contributed by atoms with E-state index in [9.17, 15) is 13.2 Å². The van der Waals surface area contributed by atoms with E-state index in [2.05, 4.69) is 0 Å². The Morgan fingerprint density at radius 1 is 0.966 bits per heavy atom. The lowest BCUT2D eigenvalue weighted by Crippen LogP contribution is -2.39. The molecule has 0 bridgehead atoms. The fourth-order valence-electron chi connectivity index (χ4n) is 3.89. The normalized spacial score (nSPS) is 17.9. The van der Waals surface area contributed by atoms with Crippen molar-refractivity contribution in [3.63, 3.8) is 0 Å². The Labute approximate surface area is 171 Å². The number of nitrogens with zero attached hydrogens (tertiary/aromatic N) is 1. The number of rotatable bonds is 4. The summed E-state index contributed by atoms with van der Waals surface area (Å²) >= 11 is 0. The maximum atomic E-state index is 13.6. The molecule has 1 aliphatic heterocycles. The van der Waals surface area contributed by atoms with Crippen LogP contribution >= 0.6 is 0 Å². The first-order valence-corrected chi connectivity index (χ1v) is 11.1. The zero-order valence-electron chi connectivity index (χ0n) is 16.5. The van der Waals surface area contributed by atoms with E-state index in [4.69, 9.17) is 0 Å². The van der Waals surface area contributed by atoms with Gasteiger partial charge in [-0.25, -0.2) is 8.42 Å². The van der Waals surface area contributed by atoms with E-state index in [0.29, 0.717) is 12.0 Å². The summed E-state index contributed by atoms with van der Waals surface area (Å²) in [5.41, 5.74) is 2.49. The molecule has 0 unspecified atom stereocenters. The average Bonchev–Trinajstić information content (AvgIpc) is 2.73. The molecule has 0 aromatic heterocycles. The molecule has 1 heterocycles. The third-order valence-electron chi connectivity index (χ3n) is 5.52. The Morgan fingerprint density at radius 2 is 1.66 bits per heavy atom. The van der Waals surface area contributed by atoms with E-state index >= 15 is 0 Å². The molecule has 0 fully saturated rings. The molecule has 3 aromatic rings. The van der Waals surface area contributed by atoms with Crippen LogP contribution in [0.25, 0.3) is 10.8 Å². The zero-order valence-corrected chi connectivity index (χ0v) is 17.3. The minimum Gasteiger partial charge on any atom is -0.295 e. The molecule has 1 aliphatic rings. The van der Waals surface area contributed by atoms with Crippen LogP contribution in [-0.4, -0.2) is 25.1 Å².